The van der Waals surface area contributed by atoms with E-state index in [4.69, 9.17) is 11.6 Å². The molecule has 1 aliphatic rings. The van der Waals surface area contributed by atoms with E-state index in [1.165, 1.54) is 4.90 Å². The third kappa shape index (κ3) is 5.43. The maximum absolute atomic E-state index is 13.0. The molecule has 8 heteroatoms. The van der Waals surface area contributed by atoms with Crippen LogP contribution in [0.2, 0.25) is 5.02 Å². The van der Waals surface area contributed by atoms with Gasteiger partial charge in [0.1, 0.15) is 6.54 Å². The zero-order chi connectivity index (χ0) is 23.9. The number of benzene rings is 2. The van der Waals surface area contributed by atoms with Crippen LogP contribution in [0.1, 0.15) is 10.4 Å². The number of nitrogens with zero attached hydrogens (tertiary/aromatic N) is 5. The van der Waals surface area contributed by atoms with Crippen LogP contribution in [0.25, 0.3) is 11.3 Å². The summed E-state index contributed by atoms with van der Waals surface area (Å²) in [7, 11) is 0. The average molecular weight is 476 g/mol. The Morgan fingerprint density at radius 1 is 0.941 bits per heavy atom. The van der Waals surface area contributed by atoms with Crippen molar-refractivity contribution in [2.45, 2.75) is 0 Å². The third-order valence-electron chi connectivity index (χ3n) is 5.74. The van der Waals surface area contributed by atoms with E-state index in [2.05, 4.69) is 21.7 Å². The molecule has 2 aromatic carbocycles. The van der Waals surface area contributed by atoms with E-state index in [9.17, 15) is 9.59 Å². The Morgan fingerprint density at radius 2 is 1.65 bits per heavy atom. The lowest BCUT2D eigenvalue weighted by Crippen LogP contribution is -2.52. The van der Waals surface area contributed by atoms with E-state index in [1.807, 2.05) is 42.5 Å². The summed E-state index contributed by atoms with van der Waals surface area (Å²) in [6, 6.07) is 20.7. The standard InChI is InChI=1S/C26H26ClN5O2/c1-2-14-32(26(34)21-10-6-7-11-22(21)27)19-25(33)31-17-15-30(16-18-31)24-13-12-23(28-29-24)20-8-4-3-5-9-20/h2-13H,1,14-19H2. The van der Waals surface area contributed by atoms with Crippen molar-refractivity contribution in [3.05, 3.63) is 90.0 Å². The third-order valence-corrected chi connectivity index (χ3v) is 6.07. The maximum atomic E-state index is 13.0. The molecule has 0 aliphatic carbocycles. The summed E-state index contributed by atoms with van der Waals surface area (Å²) in [6.07, 6.45) is 1.61. The number of aromatic nitrogens is 2. The van der Waals surface area contributed by atoms with Gasteiger partial charge in [0.25, 0.3) is 5.91 Å². The zero-order valence-corrected chi connectivity index (χ0v) is 19.6. The molecule has 1 aromatic heterocycles. The molecule has 0 radical (unpaired) electrons. The first kappa shape index (κ1) is 23.4. The van der Waals surface area contributed by atoms with Crippen LogP contribution in [0.15, 0.2) is 79.4 Å². The first-order chi connectivity index (χ1) is 16.6. The molecular formula is C26H26ClN5O2. The van der Waals surface area contributed by atoms with Crippen molar-refractivity contribution in [1.29, 1.82) is 0 Å². The van der Waals surface area contributed by atoms with E-state index >= 15 is 0 Å². The number of amides is 2. The van der Waals surface area contributed by atoms with E-state index in [0.717, 1.165) is 17.1 Å². The molecule has 2 amide bonds. The molecule has 1 saturated heterocycles. The van der Waals surface area contributed by atoms with Crippen LogP contribution in [0, 0.1) is 0 Å². The molecule has 0 saturated carbocycles. The molecule has 3 aromatic rings. The highest BCUT2D eigenvalue weighted by atomic mass is 35.5. The van der Waals surface area contributed by atoms with Gasteiger partial charge in [0.2, 0.25) is 5.91 Å². The molecule has 0 bridgehead atoms. The molecule has 0 spiro atoms. The van der Waals surface area contributed by atoms with Gasteiger partial charge < -0.3 is 14.7 Å². The fourth-order valence-electron chi connectivity index (χ4n) is 3.89. The molecule has 0 N–H and O–H groups in total. The topological polar surface area (TPSA) is 69.6 Å². The van der Waals surface area contributed by atoms with Crippen molar-refractivity contribution in [1.82, 2.24) is 20.0 Å². The summed E-state index contributed by atoms with van der Waals surface area (Å²) in [5, 5.41) is 9.10. The number of rotatable bonds is 7. The first-order valence-electron chi connectivity index (χ1n) is 11.1. The van der Waals surface area contributed by atoms with Crippen molar-refractivity contribution >= 4 is 29.2 Å². The Hall–Kier alpha value is -3.71. The molecule has 0 unspecified atom stereocenters. The second-order valence-corrected chi connectivity index (χ2v) is 8.37. The van der Waals surface area contributed by atoms with Gasteiger partial charge in [-0.2, -0.15) is 0 Å². The number of hydrogen-bond donors (Lipinski definition) is 0. The highest BCUT2D eigenvalue weighted by molar-refractivity contribution is 6.33. The summed E-state index contributed by atoms with van der Waals surface area (Å²) in [4.78, 5) is 31.3. The molecular weight excluding hydrogens is 450 g/mol. The van der Waals surface area contributed by atoms with Crippen molar-refractivity contribution < 1.29 is 9.59 Å². The van der Waals surface area contributed by atoms with E-state index < -0.39 is 0 Å². The Morgan fingerprint density at radius 3 is 2.29 bits per heavy atom. The average Bonchev–Trinajstić information content (AvgIpc) is 2.89. The normalized spacial score (nSPS) is 13.4. The fraction of sp³-hybridized carbons (Fsp3) is 0.231. The summed E-state index contributed by atoms with van der Waals surface area (Å²) in [5.41, 5.74) is 2.22. The quantitative estimate of drug-likeness (QED) is 0.486. The lowest BCUT2D eigenvalue weighted by molar-refractivity contribution is -0.132. The van der Waals surface area contributed by atoms with E-state index in [0.29, 0.717) is 36.8 Å². The predicted molar refractivity (Wildman–Crippen MR) is 134 cm³/mol. The predicted octanol–water partition coefficient (Wildman–Crippen LogP) is 3.77. The number of anilines is 1. The van der Waals surface area contributed by atoms with Gasteiger partial charge in [-0.3, -0.25) is 9.59 Å². The molecule has 4 rings (SSSR count). The molecule has 34 heavy (non-hydrogen) atoms. The van der Waals surface area contributed by atoms with Crippen LogP contribution in [-0.4, -0.2) is 71.1 Å². The van der Waals surface area contributed by atoms with Gasteiger partial charge in [0.05, 0.1) is 16.3 Å². The SMILES string of the molecule is C=CCN(CC(=O)N1CCN(c2ccc(-c3ccccc3)nn2)CC1)C(=O)c1ccccc1Cl. The Balaban J connectivity index is 1.35. The molecule has 174 valence electrons. The van der Waals surface area contributed by atoms with Crippen LogP contribution < -0.4 is 4.90 Å². The summed E-state index contributed by atoms with van der Waals surface area (Å²) >= 11 is 6.18. The van der Waals surface area contributed by atoms with Gasteiger partial charge >= 0.3 is 0 Å². The molecule has 2 heterocycles. The zero-order valence-electron chi connectivity index (χ0n) is 18.8. The lowest BCUT2D eigenvalue weighted by atomic mass is 10.1. The highest BCUT2D eigenvalue weighted by Crippen LogP contribution is 2.20. The van der Waals surface area contributed by atoms with Crippen LogP contribution in [0.3, 0.4) is 0 Å². The smallest absolute Gasteiger partial charge is 0.256 e. The minimum absolute atomic E-state index is 0.0261. The summed E-state index contributed by atoms with van der Waals surface area (Å²) < 4.78 is 0. The first-order valence-corrected chi connectivity index (χ1v) is 11.5. The minimum Gasteiger partial charge on any atom is -0.352 e. The van der Waals surface area contributed by atoms with Crippen molar-refractivity contribution in [2.24, 2.45) is 0 Å². The number of halogens is 1. The Bertz CT molecular complexity index is 1150. The van der Waals surface area contributed by atoms with Crippen LogP contribution >= 0.6 is 11.6 Å². The highest BCUT2D eigenvalue weighted by Gasteiger charge is 2.26. The van der Waals surface area contributed by atoms with E-state index in [-0.39, 0.29) is 24.9 Å². The largest absolute Gasteiger partial charge is 0.352 e. The van der Waals surface area contributed by atoms with E-state index in [1.54, 1.807) is 35.2 Å². The fourth-order valence-corrected chi connectivity index (χ4v) is 4.10. The molecule has 1 aliphatic heterocycles. The van der Waals surface area contributed by atoms with Crippen LogP contribution in [-0.2, 0) is 4.79 Å². The van der Waals surface area contributed by atoms with Crippen molar-refractivity contribution in [3.63, 3.8) is 0 Å². The molecule has 0 atom stereocenters. The van der Waals surface area contributed by atoms with Gasteiger partial charge in [-0.25, -0.2) is 0 Å². The minimum atomic E-state index is -0.286. The maximum Gasteiger partial charge on any atom is 0.256 e. The second-order valence-electron chi connectivity index (χ2n) is 7.96. The molecule has 1 fully saturated rings. The number of hydrogen-bond acceptors (Lipinski definition) is 5. The van der Waals surface area contributed by atoms with Crippen LogP contribution in [0.5, 0.6) is 0 Å². The monoisotopic (exact) mass is 475 g/mol. The summed E-state index contributed by atoms with van der Waals surface area (Å²) in [6.45, 7) is 6.33. The van der Waals surface area contributed by atoms with Crippen molar-refractivity contribution in [3.8, 4) is 11.3 Å². The Kier molecular flexibility index (Phi) is 7.54. The van der Waals surface area contributed by atoms with Gasteiger partial charge in [0.15, 0.2) is 5.82 Å². The van der Waals surface area contributed by atoms with Crippen molar-refractivity contribution in [2.75, 3.05) is 44.2 Å². The van der Waals surface area contributed by atoms with Gasteiger partial charge in [-0.1, -0.05) is 60.1 Å². The number of carbonyl (C=O) groups is 2. The Labute approximate surface area is 204 Å². The van der Waals surface area contributed by atoms with Gasteiger partial charge in [-0.15, -0.1) is 16.8 Å². The molecule has 7 nitrogen and oxygen atoms in total. The summed E-state index contributed by atoms with van der Waals surface area (Å²) in [5.74, 6) is 0.396. The van der Waals surface area contributed by atoms with Gasteiger partial charge in [-0.05, 0) is 24.3 Å². The number of carbonyl (C=O) groups excluding carboxylic acids is 2. The van der Waals surface area contributed by atoms with Crippen LogP contribution in [0.4, 0.5) is 5.82 Å². The number of piperazine rings is 1. The second kappa shape index (κ2) is 10.9. The van der Waals surface area contributed by atoms with Gasteiger partial charge in [0, 0.05) is 38.3 Å². The lowest BCUT2D eigenvalue weighted by Gasteiger charge is -2.36.